The predicted molar refractivity (Wildman–Crippen MR) is 109 cm³/mol. The van der Waals surface area contributed by atoms with Gasteiger partial charge in [-0.15, -0.1) is 0 Å². The Morgan fingerprint density at radius 2 is 1.67 bits per heavy atom. The van der Waals surface area contributed by atoms with E-state index in [4.69, 9.17) is 0 Å². The Kier molecular flexibility index (Phi) is 6.34. The van der Waals surface area contributed by atoms with Crippen molar-refractivity contribution in [2.24, 2.45) is 5.92 Å². The van der Waals surface area contributed by atoms with Crippen LogP contribution in [-0.4, -0.2) is 31.7 Å². The maximum Gasteiger partial charge on any atom is 0.243 e. The Morgan fingerprint density at radius 1 is 1.07 bits per heavy atom. The van der Waals surface area contributed by atoms with Crippen LogP contribution in [0.5, 0.6) is 0 Å². The summed E-state index contributed by atoms with van der Waals surface area (Å²) in [6.07, 6.45) is 1.07. The average Bonchev–Trinajstić information content (AvgIpc) is 2.68. The third kappa shape index (κ3) is 4.97. The molecule has 0 unspecified atom stereocenters. The van der Waals surface area contributed by atoms with E-state index >= 15 is 0 Å². The first kappa shape index (κ1) is 20.0. The molecule has 0 aromatic heterocycles. The Bertz CT molecular complexity index is 888. The number of benzene rings is 2. The fourth-order valence-electron chi connectivity index (χ4n) is 3.15. The van der Waals surface area contributed by atoms with Crippen LogP contribution in [0.15, 0.2) is 57.9 Å². The summed E-state index contributed by atoms with van der Waals surface area (Å²) in [6, 6.07) is 14.7. The average molecular weight is 451 g/mol. The molecule has 3 rings (SSSR count). The van der Waals surface area contributed by atoms with Gasteiger partial charge in [0, 0.05) is 30.0 Å². The predicted octanol–water partition coefficient (Wildman–Crippen LogP) is 3.47. The summed E-state index contributed by atoms with van der Waals surface area (Å²) in [7, 11) is -3.51. The second-order valence-corrected chi connectivity index (χ2v) is 9.69. The fourth-order valence-corrected chi connectivity index (χ4v) is 4.89. The summed E-state index contributed by atoms with van der Waals surface area (Å²) in [5.41, 5.74) is 2.24. The van der Waals surface area contributed by atoms with Crippen molar-refractivity contribution >= 4 is 31.9 Å². The van der Waals surface area contributed by atoms with E-state index in [9.17, 15) is 13.2 Å². The molecular weight excluding hydrogens is 428 g/mol. The molecule has 0 atom stereocenters. The lowest BCUT2D eigenvalue weighted by Gasteiger charge is -2.30. The van der Waals surface area contributed by atoms with Gasteiger partial charge in [0.25, 0.3) is 0 Å². The summed E-state index contributed by atoms with van der Waals surface area (Å²) in [6.45, 7) is 3.25. The molecule has 1 aliphatic heterocycles. The Morgan fingerprint density at radius 3 is 2.26 bits per heavy atom. The second-order valence-electron chi connectivity index (χ2n) is 6.84. The van der Waals surface area contributed by atoms with Gasteiger partial charge >= 0.3 is 0 Å². The van der Waals surface area contributed by atoms with Crippen LogP contribution in [0, 0.1) is 12.8 Å². The molecule has 0 spiro atoms. The Hall–Kier alpha value is -1.70. The number of carbonyl (C=O) groups is 1. The van der Waals surface area contributed by atoms with Crippen molar-refractivity contribution in [3.05, 3.63) is 64.1 Å². The number of rotatable bonds is 5. The van der Waals surface area contributed by atoms with E-state index in [-0.39, 0.29) is 16.7 Å². The molecule has 1 heterocycles. The maximum atomic E-state index is 12.7. The van der Waals surface area contributed by atoms with Crippen molar-refractivity contribution in [1.29, 1.82) is 0 Å². The van der Waals surface area contributed by atoms with Gasteiger partial charge in [-0.05, 0) is 49.6 Å². The zero-order valence-electron chi connectivity index (χ0n) is 15.2. The molecule has 0 saturated carbocycles. The highest BCUT2D eigenvalue weighted by Gasteiger charge is 2.31. The molecule has 27 heavy (non-hydrogen) atoms. The van der Waals surface area contributed by atoms with Crippen LogP contribution in [0.1, 0.15) is 24.0 Å². The minimum atomic E-state index is -3.51. The van der Waals surface area contributed by atoms with Crippen molar-refractivity contribution in [2.45, 2.75) is 31.2 Å². The molecule has 0 radical (unpaired) electrons. The number of nitrogens with one attached hydrogen (secondary N) is 1. The fraction of sp³-hybridized carbons (Fsp3) is 0.350. The van der Waals surface area contributed by atoms with Gasteiger partial charge < -0.3 is 5.32 Å². The lowest BCUT2D eigenvalue weighted by molar-refractivity contribution is -0.126. The lowest BCUT2D eigenvalue weighted by Crippen LogP contribution is -2.42. The van der Waals surface area contributed by atoms with Crippen molar-refractivity contribution in [1.82, 2.24) is 9.62 Å². The standard InChI is InChI=1S/C20H23BrN2O3S/c1-15-2-4-16(5-3-15)14-22-20(24)17-10-12-23(13-11-17)27(25,26)19-8-6-18(21)7-9-19/h2-9,17H,10-14H2,1H3,(H,22,24). The molecule has 1 saturated heterocycles. The zero-order chi connectivity index (χ0) is 19.4. The van der Waals surface area contributed by atoms with E-state index in [1.807, 2.05) is 31.2 Å². The van der Waals surface area contributed by atoms with E-state index in [1.165, 1.54) is 9.87 Å². The maximum absolute atomic E-state index is 12.7. The van der Waals surface area contributed by atoms with Crippen molar-refractivity contribution in [3.63, 3.8) is 0 Å². The number of piperidine rings is 1. The molecule has 1 fully saturated rings. The molecule has 0 bridgehead atoms. The summed E-state index contributed by atoms with van der Waals surface area (Å²) in [5.74, 6) is -0.150. The molecule has 7 heteroatoms. The number of hydrogen-bond acceptors (Lipinski definition) is 3. The number of carbonyl (C=O) groups excluding carboxylic acids is 1. The van der Waals surface area contributed by atoms with Crippen molar-refractivity contribution in [3.8, 4) is 0 Å². The van der Waals surface area contributed by atoms with Gasteiger partial charge in [0.05, 0.1) is 4.90 Å². The smallest absolute Gasteiger partial charge is 0.243 e. The van der Waals surface area contributed by atoms with Gasteiger partial charge in [-0.2, -0.15) is 4.31 Å². The van der Waals surface area contributed by atoms with Crippen LogP contribution < -0.4 is 5.32 Å². The monoisotopic (exact) mass is 450 g/mol. The third-order valence-corrected chi connectivity index (χ3v) is 7.31. The summed E-state index contributed by atoms with van der Waals surface area (Å²) in [5, 5.41) is 2.97. The Labute approximate surface area is 169 Å². The largest absolute Gasteiger partial charge is 0.352 e. The van der Waals surface area contributed by atoms with E-state index in [0.717, 1.165) is 10.0 Å². The highest BCUT2D eigenvalue weighted by atomic mass is 79.9. The van der Waals surface area contributed by atoms with Crippen LogP contribution >= 0.6 is 15.9 Å². The minimum Gasteiger partial charge on any atom is -0.352 e. The van der Waals surface area contributed by atoms with Crippen molar-refractivity contribution < 1.29 is 13.2 Å². The summed E-state index contributed by atoms with van der Waals surface area (Å²) < 4.78 is 27.8. The molecule has 1 N–H and O–H groups in total. The van der Waals surface area contributed by atoms with Crippen LogP contribution in [0.2, 0.25) is 0 Å². The van der Waals surface area contributed by atoms with Gasteiger partial charge in [-0.25, -0.2) is 8.42 Å². The zero-order valence-corrected chi connectivity index (χ0v) is 17.6. The van der Waals surface area contributed by atoms with E-state index in [0.29, 0.717) is 32.5 Å². The molecule has 2 aromatic rings. The minimum absolute atomic E-state index is 0.00346. The van der Waals surface area contributed by atoms with Crippen molar-refractivity contribution in [2.75, 3.05) is 13.1 Å². The first-order valence-electron chi connectivity index (χ1n) is 8.95. The number of hydrogen-bond donors (Lipinski definition) is 1. The van der Waals surface area contributed by atoms with E-state index in [2.05, 4.69) is 21.2 Å². The molecule has 1 amide bonds. The van der Waals surface area contributed by atoms with Gasteiger partial charge in [0.15, 0.2) is 0 Å². The lowest BCUT2D eigenvalue weighted by atomic mass is 9.97. The van der Waals surface area contributed by atoms with Crippen LogP contribution in [-0.2, 0) is 21.4 Å². The van der Waals surface area contributed by atoms with Gasteiger partial charge in [-0.1, -0.05) is 45.8 Å². The molecule has 1 aliphatic rings. The number of amides is 1. The third-order valence-electron chi connectivity index (χ3n) is 4.86. The summed E-state index contributed by atoms with van der Waals surface area (Å²) >= 11 is 3.31. The van der Waals surface area contributed by atoms with E-state index in [1.54, 1.807) is 24.3 Å². The molecular formula is C20H23BrN2O3S. The molecule has 0 aliphatic carbocycles. The topological polar surface area (TPSA) is 66.5 Å². The normalized spacial score (nSPS) is 16.2. The molecule has 144 valence electrons. The number of sulfonamides is 1. The first-order valence-corrected chi connectivity index (χ1v) is 11.2. The number of nitrogens with zero attached hydrogens (tertiary/aromatic N) is 1. The van der Waals surface area contributed by atoms with Crippen LogP contribution in [0.3, 0.4) is 0 Å². The molecule has 5 nitrogen and oxygen atoms in total. The SMILES string of the molecule is Cc1ccc(CNC(=O)C2CCN(S(=O)(=O)c3ccc(Br)cc3)CC2)cc1. The first-order chi connectivity index (χ1) is 12.9. The van der Waals surface area contributed by atoms with Crippen LogP contribution in [0.4, 0.5) is 0 Å². The van der Waals surface area contributed by atoms with Gasteiger partial charge in [-0.3, -0.25) is 4.79 Å². The molecule has 2 aromatic carbocycles. The van der Waals surface area contributed by atoms with Gasteiger partial charge in [0.1, 0.15) is 0 Å². The van der Waals surface area contributed by atoms with E-state index < -0.39 is 10.0 Å². The number of halogens is 1. The van der Waals surface area contributed by atoms with Gasteiger partial charge in [0.2, 0.25) is 15.9 Å². The Balaban J connectivity index is 1.54. The van der Waals surface area contributed by atoms with Crippen LogP contribution in [0.25, 0.3) is 0 Å². The quantitative estimate of drug-likeness (QED) is 0.757. The highest BCUT2D eigenvalue weighted by Crippen LogP contribution is 2.25. The highest BCUT2D eigenvalue weighted by molar-refractivity contribution is 9.10. The summed E-state index contributed by atoms with van der Waals surface area (Å²) in [4.78, 5) is 12.7. The number of aryl methyl sites for hydroxylation is 1. The second kappa shape index (κ2) is 8.54.